The molecule has 1 saturated carbocycles. The highest BCUT2D eigenvalue weighted by atomic mass is 19.4. The number of nitrogens with zero attached hydrogens (tertiary/aromatic N) is 1. The third-order valence-corrected chi connectivity index (χ3v) is 7.69. The van der Waals surface area contributed by atoms with E-state index in [1.165, 1.54) is 6.07 Å². The van der Waals surface area contributed by atoms with Crippen molar-refractivity contribution in [1.29, 1.82) is 0 Å². The lowest BCUT2D eigenvalue weighted by molar-refractivity contribution is -0.187. The lowest BCUT2D eigenvalue weighted by atomic mass is 9.78. The van der Waals surface area contributed by atoms with Crippen molar-refractivity contribution < 1.29 is 41.7 Å². The first-order chi connectivity index (χ1) is 19.4. The van der Waals surface area contributed by atoms with Crippen LogP contribution >= 0.6 is 0 Å². The smallest absolute Gasteiger partial charge is 0.379 e. The zero-order valence-corrected chi connectivity index (χ0v) is 23.5. The number of halogens is 3. The Hall–Kier alpha value is -2.54. The summed E-state index contributed by atoms with van der Waals surface area (Å²) in [6.07, 6.45) is -5.76. The molecule has 1 N–H and O–H groups in total. The van der Waals surface area contributed by atoms with Gasteiger partial charge in [0.1, 0.15) is 6.10 Å². The molecule has 0 aromatic heterocycles. The predicted octanol–water partition coefficient (Wildman–Crippen LogP) is 4.53. The van der Waals surface area contributed by atoms with Crippen molar-refractivity contribution in [2.75, 3.05) is 26.3 Å². The average Bonchev–Trinajstić information content (AvgIpc) is 3.25. The van der Waals surface area contributed by atoms with E-state index in [2.05, 4.69) is 5.43 Å². The van der Waals surface area contributed by atoms with Crippen LogP contribution in [0.1, 0.15) is 48.9 Å². The van der Waals surface area contributed by atoms with Crippen LogP contribution in [-0.2, 0) is 47.9 Å². The molecule has 3 fully saturated rings. The van der Waals surface area contributed by atoms with Crippen LogP contribution < -0.4 is 5.43 Å². The molecule has 3 aliphatic rings. The molecule has 41 heavy (non-hydrogen) atoms. The number of carbonyl (C=O) groups excluding carboxylic acids is 1. The van der Waals surface area contributed by atoms with Gasteiger partial charge in [-0.25, -0.2) is 5.01 Å². The molecule has 2 aromatic rings. The highest BCUT2D eigenvalue weighted by molar-refractivity contribution is 5.85. The SMILES string of the molecule is Cc1ccc(COC2C[C@](OCc3cccc(C(F)(F)F)c3)(C(=O)NN3CCOCC3)C[C@H]3OC(C)(C)O[C@@H]23)cc1. The summed E-state index contributed by atoms with van der Waals surface area (Å²) in [5.41, 5.74) is 3.13. The highest BCUT2D eigenvalue weighted by Gasteiger charge is 2.58. The van der Waals surface area contributed by atoms with Gasteiger partial charge in [-0.2, -0.15) is 13.2 Å². The molecule has 1 aliphatic carbocycles. The number of fused-ring (bicyclic) bond motifs is 1. The normalized spacial score (nSPS) is 28.3. The zero-order valence-electron chi connectivity index (χ0n) is 23.5. The lowest BCUT2D eigenvalue weighted by Crippen LogP contribution is -2.63. The van der Waals surface area contributed by atoms with Crippen LogP contribution in [0, 0.1) is 6.92 Å². The Kier molecular flexibility index (Phi) is 8.75. The molecule has 2 saturated heterocycles. The molecule has 2 heterocycles. The van der Waals surface area contributed by atoms with Gasteiger partial charge in [-0.3, -0.25) is 10.2 Å². The van der Waals surface area contributed by atoms with Gasteiger partial charge < -0.3 is 23.7 Å². The van der Waals surface area contributed by atoms with Crippen LogP contribution in [0.5, 0.6) is 0 Å². The van der Waals surface area contributed by atoms with Crippen molar-refractivity contribution >= 4 is 5.91 Å². The maximum Gasteiger partial charge on any atom is 0.416 e. The van der Waals surface area contributed by atoms with E-state index in [0.29, 0.717) is 31.9 Å². The van der Waals surface area contributed by atoms with Gasteiger partial charge in [0.15, 0.2) is 11.4 Å². The van der Waals surface area contributed by atoms with E-state index in [-0.39, 0.29) is 26.1 Å². The Bertz CT molecular complexity index is 1200. The van der Waals surface area contributed by atoms with Crippen molar-refractivity contribution in [1.82, 2.24) is 10.4 Å². The van der Waals surface area contributed by atoms with Gasteiger partial charge in [0.05, 0.1) is 44.2 Å². The molecule has 4 atom stereocenters. The molecule has 2 aromatic carbocycles. The van der Waals surface area contributed by atoms with Crippen molar-refractivity contribution in [3.8, 4) is 0 Å². The second-order valence-electron chi connectivity index (χ2n) is 11.4. The van der Waals surface area contributed by atoms with E-state index in [1.54, 1.807) is 24.9 Å². The third-order valence-electron chi connectivity index (χ3n) is 7.69. The van der Waals surface area contributed by atoms with Crippen LogP contribution in [0.15, 0.2) is 48.5 Å². The number of hydrogen-bond donors (Lipinski definition) is 1. The quantitative estimate of drug-likeness (QED) is 0.493. The first kappa shape index (κ1) is 29.9. The van der Waals surface area contributed by atoms with Gasteiger partial charge in [0.25, 0.3) is 5.91 Å². The van der Waals surface area contributed by atoms with Crippen molar-refractivity contribution in [3.63, 3.8) is 0 Å². The predicted molar refractivity (Wildman–Crippen MR) is 142 cm³/mol. The Morgan fingerprint density at radius 2 is 1.76 bits per heavy atom. The van der Waals surface area contributed by atoms with E-state index >= 15 is 0 Å². The fourth-order valence-corrected chi connectivity index (χ4v) is 5.58. The summed E-state index contributed by atoms with van der Waals surface area (Å²) < 4.78 is 70.7. The van der Waals surface area contributed by atoms with Crippen LogP contribution in [0.3, 0.4) is 0 Å². The number of ether oxygens (including phenoxy) is 5. The third kappa shape index (κ3) is 7.28. The summed E-state index contributed by atoms with van der Waals surface area (Å²) in [4.78, 5) is 14.0. The second-order valence-corrected chi connectivity index (χ2v) is 11.4. The Morgan fingerprint density at radius 3 is 2.46 bits per heavy atom. The molecule has 0 spiro atoms. The summed E-state index contributed by atoms with van der Waals surface area (Å²) >= 11 is 0. The van der Waals surface area contributed by atoms with Gasteiger partial charge in [0.2, 0.25) is 0 Å². The Balaban J connectivity index is 1.42. The number of alkyl halides is 3. The molecule has 0 bridgehead atoms. The molecule has 2 aliphatic heterocycles. The van der Waals surface area contributed by atoms with E-state index in [4.69, 9.17) is 23.7 Å². The second kappa shape index (κ2) is 12.0. The molecule has 11 heteroatoms. The maximum atomic E-state index is 14.0. The topological polar surface area (TPSA) is 78.5 Å². The van der Waals surface area contributed by atoms with E-state index in [9.17, 15) is 18.0 Å². The minimum absolute atomic E-state index is 0.134. The Morgan fingerprint density at radius 1 is 1.02 bits per heavy atom. The van der Waals surface area contributed by atoms with E-state index in [0.717, 1.165) is 23.3 Å². The number of carbonyl (C=O) groups is 1. The number of amides is 1. The van der Waals surface area contributed by atoms with Crippen molar-refractivity contribution in [3.05, 3.63) is 70.8 Å². The zero-order chi connectivity index (χ0) is 29.3. The van der Waals surface area contributed by atoms with Crippen LogP contribution in [-0.4, -0.2) is 66.9 Å². The molecule has 1 amide bonds. The largest absolute Gasteiger partial charge is 0.416 e. The molecule has 0 radical (unpaired) electrons. The standard InChI is InChI=1S/C30H37F3N2O6/c1-20-7-9-21(10-8-20)18-38-24-16-29(17-25-26(24)41-28(2,3)40-25,27(36)34-35-11-13-37-14-12-35)39-19-22-5-4-6-23(15-22)30(31,32)33/h4-10,15,24-26H,11-14,16-19H2,1-3H3,(H,34,36)/t24?,25-,26+,29-/m1/s1. The van der Waals surface area contributed by atoms with Crippen molar-refractivity contribution in [2.24, 2.45) is 0 Å². The summed E-state index contributed by atoms with van der Waals surface area (Å²) in [5, 5.41) is 1.77. The van der Waals surface area contributed by atoms with Crippen LogP contribution in [0.25, 0.3) is 0 Å². The van der Waals surface area contributed by atoms with E-state index in [1.807, 2.05) is 31.2 Å². The van der Waals surface area contributed by atoms with Gasteiger partial charge in [-0.15, -0.1) is 0 Å². The first-order valence-electron chi connectivity index (χ1n) is 13.9. The molecule has 224 valence electrons. The molecule has 5 rings (SSSR count). The minimum Gasteiger partial charge on any atom is -0.379 e. The average molecular weight is 579 g/mol. The number of hydrazine groups is 1. The molecule has 8 nitrogen and oxygen atoms in total. The lowest BCUT2D eigenvalue weighted by Gasteiger charge is -2.44. The van der Waals surface area contributed by atoms with Crippen molar-refractivity contribution in [2.45, 2.75) is 82.7 Å². The van der Waals surface area contributed by atoms with Crippen LogP contribution in [0.4, 0.5) is 13.2 Å². The molecule has 1 unspecified atom stereocenters. The number of nitrogens with one attached hydrogen (secondary N) is 1. The summed E-state index contributed by atoms with van der Waals surface area (Å²) in [6, 6.07) is 12.9. The van der Waals surface area contributed by atoms with Gasteiger partial charge in [0, 0.05) is 25.9 Å². The summed E-state index contributed by atoms with van der Waals surface area (Å²) in [7, 11) is 0. The number of benzene rings is 2. The first-order valence-corrected chi connectivity index (χ1v) is 13.9. The number of hydrogen-bond acceptors (Lipinski definition) is 7. The fourth-order valence-electron chi connectivity index (χ4n) is 5.58. The van der Waals surface area contributed by atoms with E-state index < -0.39 is 47.3 Å². The van der Waals surface area contributed by atoms with Gasteiger partial charge in [-0.1, -0.05) is 42.0 Å². The van der Waals surface area contributed by atoms with Crippen LogP contribution in [0.2, 0.25) is 0 Å². The number of aryl methyl sites for hydroxylation is 1. The monoisotopic (exact) mass is 578 g/mol. The fraction of sp³-hybridized carbons (Fsp3) is 0.567. The van der Waals surface area contributed by atoms with Gasteiger partial charge in [-0.05, 0) is 44.0 Å². The molecular weight excluding hydrogens is 541 g/mol. The molecular formula is C30H37F3N2O6. The number of morpholine rings is 1. The van der Waals surface area contributed by atoms with Gasteiger partial charge >= 0.3 is 6.18 Å². The summed E-state index contributed by atoms with van der Waals surface area (Å²) in [6.45, 7) is 7.64. The summed E-state index contributed by atoms with van der Waals surface area (Å²) in [5.74, 6) is -1.31. The maximum absolute atomic E-state index is 14.0. The minimum atomic E-state index is -4.49. The Labute approximate surface area is 238 Å². The highest BCUT2D eigenvalue weighted by Crippen LogP contribution is 2.44. The number of rotatable bonds is 8.